The third-order valence-corrected chi connectivity index (χ3v) is 2.77. The molecule has 88 valence electrons. The highest BCUT2D eigenvalue weighted by Crippen LogP contribution is 2.17. The maximum atomic E-state index is 13.0. The van der Waals surface area contributed by atoms with E-state index in [-0.39, 0.29) is 17.3 Å². The molecule has 0 bridgehead atoms. The summed E-state index contributed by atoms with van der Waals surface area (Å²) in [6.45, 7) is 0.152. The molecule has 3 nitrogen and oxygen atoms in total. The van der Waals surface area contributed by atoms with Gasteiger partial charge in [0.25, 0.3) is 5.56 Å². The van der Waals surface area contributed by atoms with E-state index in [0.29, 0.717) is 10.6 Å². The molecule has 0 fully saturated rings. The minimum Gasteiger partial charge on any atom is -0.295 e. The topological polar surface area (TPSA) is 34.9 Å². The Morgan fingerprint density at radius 1 is 1.29 bits per heavy atom. The van der Waals surface area contributed by atoms with E-state index >= 15 is 0 Å². The summed E-state index contributed by atoms with van der Waals surface area (Å²) in [5, 5.41) is 0.518. The molecule has 0 radical (unpaired) electrons. The van der Waals surface area contributed by atoms with Crippen LogP contribution in [0.2, 0.25) is 10.2 Å². The first kappa shape index (κ1) is 12.1. The normalized spacial score (nSPS) is 10.5. The second-order valence-corrected chi connectivity index (χ2v) is 4.21. The van der Waals surface area contributed by atoms with Crippen molar-refractivity contribution >= 4 is 23.2 Å². The van der Waals surface area contributed by atoms with Gasteiger partial charge in [0.2, 0.25) is 0 Å². The lowest BCUT2D eigenvalue weighted by Crippen LogP contribution is -2.20. The van der Waals surface area contributed by atoms with Crippen LogP contribution in [0.4, 0.5) is 4.39 Å². The van der Waals surface area contributed by atoms with Gasteiger partial charge < -0.3 is 0 Å². The van der Waals surface area contributed by atoms with Gasteiger partial charge in [0.1, 0.15) is 11.0 Å². The lowest BCUT2D eigenvalue weighted by molar-refractivity contribution is 0.622. The summed E-state index contributed by atoms with van der Waals surface area (Å²) in [7, 11) is 0. The van der Waals surface area contributed by atoms with Crippen LogP contribution in [0, 0.1) is 5.82 Å². The van der Waals surface area contributed by atoms with E-state index in [2.05, 4.69) is 4.98 Å². The monoisotopic (exact) mass is 272 g/mol. The van der Waals surface area contributed by atoms with Gasteiger partial charge in [-0.3, -0.25) is 9.36 Å². The van der Waals surface area contributed by atoms with Crippen molar-refractivity contribution in [2.24, 2.45) is 0 Å². The van der Waals surface area contributed by atoms with Crippen molar-refractivity contribution in [3.8, 4) is 0 Å². The van der Waals surface area contributed by atoms with Crippen molar-refractivity contribution in [1.82, 2.24) is 9.55 Å². The zero-order valence-electron chi connectivity index (χ0n) is 8.53. The van der Waals surface area contributed by atoms with Crippen molar-refractivity contribution in [2.45, 2.75) is 6.54 Å². The second-order valence-electron chi connectivity index (χ2n) is 3.41. The molecule has 0 saturated carbocycles. The predicted octanol–water partition coefficient (Wildman–Crippen LogP) is 2.74. The molecular weight excluding hydrogens is 266 g/mol. The molecule has 6 heteroatoms. The first-order valence-electron chi connectivity index (χ1n) is 4.72. The van der Waals surface area contributed by atoms with Crippen molar-refractivity contribution < 1.29 is 4.39 Å². The van der Waals surface area contributed by atoms with Crippen LogP contribution in [-0.4, -0.2) is 9.55 Å². The molecule has 2 rings (SSSR count). The first-order valence-corrected chi connectivity index (χ1v) is 5.48. The molecule has 0 unspecified atom stereocenters. The summed E-state index contributed by atoms with van der Waals surface area (Å²) in [6, 6.07) is 5.17. The lowest BCUT2D eigenvalue weighted by atomic mass is 10.2. The van der Waals surface area contributed by atoms with Gasteiger partial charge in [0, 0.05) is 11.1 Å². The van der Waals surface area contributed by atoms with Crippen LogP contribution in [0.1, 0.15) is 5.56 Å². The lowest BCUT2D eigenvalue weighted by Gasteiger charge is -2.07. The Balaban J connectivity index is 2.38. The SMILES string of the molecule is O=c1cc(Cl)ncn1Cc1cc(F)ccc1Cl. The number of hydrogen-bond donors (Lipinski definition) is 0. The minimum atomic E-state index is -0.403. The maximum Gasteiger partial charge on any atom is 0.255 e. The maximum absolute atomic E-state index is 13.0. The Labute approximate surface area is 106 Å². The summed E-state index contributed by atoms with van der Waals surface area (Å²) in [4.78, 5) is 15.3. The number of hydrogen-bond acceptors (Lipinski definition) is 2. The Morgan fingerprint density at radius 2 is 2.06 bits per heavy atom. The Morgan fingerprint density at radius 3 is 2.76 bits per heavy atom. The average molecular weight is 273 g/mol. The number of nitrogens with zero attached hydrogens (tertiary/aromatic N) is 2. The van der Waals surface area contributed by atoms with Crippen LogP contribution in [0.15, 0.2) is 35.4 Å². The number of rotatable bonds is 2. The van der Waals surface area contributed by atoms with Crippen molar-refractivity contribution in [3.05, 3.63) is 62.5 Å². The summed E-state index contributed by atoms with van der Waals surface area (Å²) in [5.74, 6) is -0.403. The van der Waals surface area contributed by atoms with E-state index < -0.39 is 5.82 Å². The molecule has 0 N–H and O–H groups in total. The van der Waals surface area contributed by atoms with Crippen LogP contribution >= 0.6 is 23.2 Å². The molecule has 0 aliphatic carbocycles. The zero-order chi connectivity index (χ0) is 12.4. The summed E-state index contributed by atoms with van der Waals surface area (Å²) < 4.78 is 14.3. The van der Waals surface area contributed by atoms with Crippen molar-refractivity contribution in [2.75, 3.05) is 0 Å². The van der Waals surface area contributed by atoms with Gasteiger partial charge in [-0.2, -0.15) is 0 Å². The Hall–Kier alpha value is -1.39. The standard InChI is InChI=1S/C11H7Cl2FN2O/c12-9-2-1-8(14)3-7(9)5-16-6-15-10(13)4-11(16)17/h1-4,6H,5H2. The van der Waals surface area contributed by atoms with Gasteiger partial charge >= 0.3 is 0 Å². The van der Waals surface area contributed by atoms with Crippen LogP contribution < -0.4 is 5.56 Å². The predicted molar refractivity (Wildman–Crippen MR) is 64.0 cm³/mol. The highest BCUT2D eigenvalue weighted by atomic mass is 35.5. The molecule has 1 heterocycles. The fraction of sp³-hybridized carbons (Fsp3) is 0.0909. The highest BCUT2D eigenvalue weighted by molar-refractivity contribution is 6.31. The smallest absolute Gasteiger partial charge is 0.255 e. The van der Waals surface area contributed by atoms with E-state index in [1.807, 2.05) is 0 Å². The van der Waals surface area contributed by atoms with Gasteiger partial charge in [-0.15, -0.1) is 0 Å². The van der Waals surface area contributed by atoms with Gasteiger partial charge in [-0.05, 0) is 23.8 Å². The van der Waals surface area contributed by atoms with Crippen molar-refractivity contribution in [3.63, 3.8) is 0 Å². The molecule has 0 amide bonds. The van der Waals surface area contributed by atoms with Crippen LogP contribution in [0.25, 0.3) is 0 Å². The van der Waals surface area contributed by atoms with E-state index in [1.54, 1.807) is 0 Å². The molecule has 1 aromatic carbocycles. The molecule has 17 heavy (non-hydrogen) atoms. The van der Waals surface area contributed by atoms with Gasteiger partial charge in [0.05, 0.1) is 12.9 Å². The van der Waals surface area contributed by atoms with Crippen molar-refractivity contribution in [1.29, 1.82) is 0 Å². The fourth-order valence-electron chi connectivity index (χ4n) is 1.37. The third-order valence-electron chi connectivity index (χ3n) is 2.19. The van der Waals surface area contributed by atoms with Crippen LogP contribution in [-0.2, 0) is 6.54 Å². The Kier molecular flexibility index (Phi) is 3.45. The van der Waals surface area contributed by atoms with Crippen LogP contribution in [0.3, 0.4) is 0 Å². The third kappa shape index (κ3) is 2.84. The number of halogens is 3. The van der Waals surface area contributed by atoms with Gasteiger partial charge in [-0.1, -0.05) is 23.2 Å². The van der Waals surface area contributed by atoms with E-state index in [4.69, 9.17) is 23.2 Å². The largest absolute Gasteiger partial charge is 0.295 e. The summed E-state index contributed by atoms with van der Waals surface area (Å²) in [6.07, 6.45) is 1.30. The molecule has 2 aromatic rings. The average Bonchev–Trinajstić information content (AvgIpc) is 2.27. The molecule has 0 aliphatic rings. The zero-order valence-corrected chi connectivity index (χ0v) is 10.0. The molecule has 0 aliphatic heterocycles. The highest BCUT2D eigenvalue weighted by Gasteiger charge is 2.05. The number of aromatic nitrogens is 2. The van der Waals surface area contributed by atoms with Gasteiger partial charge in [-0.25, -0.2) is 9.37 Å². The first-order chi connectivity index (χ1) is 8.06. The number of benzene rings is 1. The van der Waals surface area contributed by atoms with E-state index in [9.17, 15) is 9.18 Å². The minimum absolute atomic E-state index is 0.122. The van der Waals surface area contributed by atoms with Crippen LogP contribution in [0.5, 0.6) is 0 Å². The summed E-state index contributed by atoms with van der Waals surface area (Å²) in [5.41, 5.74) is 0.197. The molecule has 1 aromatic heterocycles. The van der Waals surface area contributed by atoms with E-state index in [1.165, 1.54) is 35.2 Å². The molecule has 0 spiro atoms. The van der Waals surface area contributed by atoms with E-state index in [0.717, 1.165) is 0 Å². The summed E-state index contributed by atoms with van der Waals surface area (Å²) >= 11 is 11.5. The quantitative estimate of drug-likeness (QED) is 0.788. The fourth-order valence-corrected chi connectivity index (χ4v) is 1.68. The molecule has 0 atom stereocenters. The second kappa shape index (κ2) is 4.85. The molecular formula is C11H7Cl2FN2O. The van der Waals surface area contributed by atoms with Gasteiger partial charge in [0.15, 0.2) is 0 Å². The Bertz CT molecular complexity index is 613. The molecule has 0 saturated heterocycles.